The molecule has 0 saturated carbocycles. The summed E-state index contributed by atoms with van der Waals surface area (Å²) in [5, 5.41) is 10.6. The number of carbonyl (C=O) groups excluding carboxylic acids is 4. The monoisotopic (exact) mass is 1370 g/mol. The molecule has 0 rings (SSSR count). The number of phosphoric acid groups is 2. The molecule has 0 heterocycles. The van der Waals surface area contributed by atoms with Gasteiger partial charge in [0.15, 0.2) is 12.2 Å². The van der Waals surface area contributed by atoms with Gasteiger partial charge in [-0.3, -0.25) is 37.3 Å². The molecule has 0 bridgehead atoms. The Morgan fingerprint density at radius 1 is 0.301 bits per heavy atom. The lowest BCUT2D eigenvalue weighted by molar-refractivity contribution is -0.161. The molecular formula is C74H144O17P2. The second-order valence-corrected chi connectivity index (χ2v) is 31.3. The average Bonchev–Trinajstić information content (AvgIpc) is 3.69. The van der Waals surface area contributed by atoms with Crippen molar-refractivity contribution in [2.24, 2.45) is 23.7 Å². The zero-order valence-corrected chi connectivity index (χ0v) is 62.7. The van der Waals surface area contributed by atoms with Gasteiger partial charge in [0, 0.05) is 25.7 Å². The van der Waals surface area contributed by atoms with E-state index in [2.05, 4.69) is 55.4 Å². The second-order valence-electron chi connectivity index (χ2n) is 28.4. The third-order valence-corrected chi connectivity index (χ3v) is 19.3. The quantitative estimate of drug-likeness (QED) is 0.0222. The van der Waals surface area contributed by atoms with E-state index in [0.717, 1.165) is 120 Å². The van der Waals surface area contributed by atoms with Crippen LogP contribution in [0.15, 0.2) is 0 Å². The van der Waals surface area contributed by atoms with Gasteiger partial charge in [0.25, 0.3) is 0 Å². The van der Waals surface area contributed by atoms with Crippen LogP contribution in [-0.2, 0) is 65.4 Å². The summed E-state index contributed by atoms with van der Waals surface area (Å²) in [4.78, 5) is 72.6. The average molecular weight is 1370 g/mol. The third kappa shape index (κ3) is 67.0. The maximum absolute atomic E-state index is 13.0. The van der Waals surface area contributed by atoms with Crippen LogP contribution in [0.1, 0.15) is 370 Å². The van der Waals surface area contributed by atoms with Gasteiger partial charge in [-0.25, -0.2) is 9.13 Å². The minimum absolute atomic E-state index is 0.104. The fraction of sp³-hybridized carbons (Fsp3) is 0.946. The van der Waals surface area contributed by atoms with Gasteiger partial charge in [-0.05, 0) is 49.4 Å². The number of aliphatic hydroxyl groups is 1. The first-order valence-electron chi connectivity index (χ1n) is 38.2. The molecule has 552 valence electrons. The van der Waals surface area contributed by atoms with Crippen LogP contribution >= 0.6 is 15.6 Å². The Morgan fingerprint density at radius 2 is 0.516 bits per heavy atom. The van der Waals surface area contributed by atoms with Gasteiger partial charge in [-0.1, -0.05) is 319 Å². The van der Waals surface area contributed by atoms with E-state index in [9.17, 15) is 43.2 Å². The van der Waals surface area contributed by atoms with Gasteiger partial charge in [0.05, 0.1) is 26.4 Å². The molecular weight excluding hydrogens is 1220 g/mol. The zero-order chi connectivity index (χ0) is 68.9. The smallest absolute Gasteiger partial charge is 0.462 e. The molecule has 17 nitrogen and oxygen atoms in total. The highest BCUT2D eigenvalue weighted by atomic mass is 31.2. The molecule has 0 aliphatic heterocycles. The molecule has 93 heavy (non-hydrogen) atoms. The molecule has 3 N–H and O–H groups in total. The van der Waals surface area contributed by atoms with Crippen molar-refractivity contribution in [1.29, 1.82) is 0 Å². The Kier molecular flexibility index (Phi) is 62.2. The number of aliphatic hydroxyl groups excluding tert-OH is 1. The highest BCUT2D eigenvalue weighted by Gasteiger charge is 2.30. The summed E-state index contributed by atoms with van der Waals surface area (Å²) < 4.78 is 68.4. The fourth-order valence-corrected chi connectivity index (χ4v) is 12.7. The first-order chi connectivity index (χ1) is 44.6. The van der Waals surface area contributed by atoms with Crippen molar-refractivity contribution in [3.05, 3.63) is 0 Å². The van der Waals surface area contributed by atoms with Crippen molar-refractivity contribution in [1.82, 2.24) is 0 Å². The van der Waals surface area contributed by atoms with Crippen LogP contribution in [-0.4, -0.2) is 96.7 Å². The highest BCUT2D eigenvalue weighted by Crippen LogP contribution is 2.45. The van der Waals surface area contributed by atoms with E-state index in [-0.39, 0.29) is 25.7 Å². The van der Waals surface area contributed by atoms with Crippen LogP contribution in [0.3, 0.4) is 0 Å². The minimum atomic E-state index is -4.96. The number of phosphoric ester groups is 2. The molecule has 0 fully saturated rings. The van der Waals surface area contributed by atoms with Crippen molar-refractivity contribution < 1.29 is 80.2 Å². The summed E-state index contributed by atoms with van der Waals surface area (Å²) in [6.45, 7) is 14.1. The van der Waals surface area contributed by atoms with Crippen molar-refractivity contribution in [3.63, 3.8) is 0 Å². The fourth-order valence-electron chi connectivity index (χ4n) is 11.2. The molecule has 0 aliphatic rings. The van der Waals surface area contributed by atoms with Crippen LogP contribution in [0, 0.1) is 23.7 Å². The van der Waals surface area contributed by atoms with Gasteiger partial charge in [0.1, 0.15) is 19.3 Å². The van der Waals surface area contributed by atoms with Crippen LogP contribution in [0.2, 0.25) is 0 Å². The highest BCUT2D eigenvalue weighted by molar-refractivity contribution is 7.47. The number of carbonyl (C=O) groups is 4. The van der Waals surface area contributed by atoms with Gasteiger partial charge in [0.2, 0.25) is 0 Å². The van der Waals surface area contributed by atoms with Crippen molar-refractivity contribution in [3.8, 4) is 0 Å². The molecule has 19 heteroatoms. The van der Waals surface area contributed by atoms with Crippen LogP contribution in [0.25, 0.3) is 0 Å². The SMILES string of the molecule is CCC(C)CCCCCCCCC(=O)OC[C@H](COP(=O)(O)OCC(O)COP(=O)(O)OC[C@@H](COC(=O)CCCCCCCCCC(C)C)OC(=O)CCCCCCCCCCCC(C)C)OC(=O)CCCCCCCCCCCCCCCCCCCCC(C)C. The van der Waals surface area contributed by atoms with Crippen molar-refractivity contribution >= 4 is 39.5 Å². The predicted molar refractivity (Wildman–Crippen MR) is 377 cm³/mol. The Labute approximate surface area is 568 Å². The van der Waals surface area contributed by atoms with Crippen molar-refractivity contribution in [2.75, 3.05) is 39.6 Å². The van der Waals surface area contributed by atoms with Crippen molar-refractivity contribution in [2.45, 2.75) is 388 Å². The van der Waals surface area contributed by atoms with Crippen LogP contribution in [0.5, 0.6) is 0 Å². The number of ether oxygens (including phenoxy) is 4. The largest absolute Gasteiger partial charge is 0.472 e. The number of rotatable bonds is 71. The molecule has 4 unspecified atom stereocenters. The maximum atomic E-state index is 13.0. The second kappa shape index (κ2) is 63.5. The van der Waals surface area contributed by atoms with E-state index in [1.165, 1.54) is 161 Å². The normalized spacial score (nSPS) is 14.5. The minimum Gasteiger partial charge on any atom is -0.462 e. The number of esters is 4. The molecule has 6 atom stereocenters. The molecule has 0 spiro atoms. The third-order valence-electron chi connectivity index (χ3n) is 17.4. The predicted octanol–water partition coefficient (Wildman–Crippen LogP) is 21.3. The molecule has 0 radical (unpaired) electrons. The topological polar surface area (TPSA) is 237 Å². The number of hydrogen-bond acceptors (Lipinski definition) is 15. The van der Waals surface area contributed by atoms with Gasteiger partial charge in [-0.15, -0.1) is 0 Å². The maximum Gasteiger partial charge on any atom is 0.472 e. The first-order valence-corrected chi connectivity index (χ1v) is 41.2. The molecule has 0 aromatic carbocycles. The zero-order valence-electron chi connectivity index (χ0n) is 60.9. The lowest BCUT2D eigenvalue weighted by Gasteiger charge is -2.21. The van der Waals surface area contributed by atoms with Gasteiger partial charge in [-0.2, -0.15) is 0 Å². The van der Waals surface area contributed by atoms with Gasteiger partial charge < -0.3 is 33.8 Å². The standard InChI is InChI=1S/C74H144O17P2/c1-9-67(8)53-45-37-32-33-39-47-55-72(77)85-61-70(91-73(78)56-48-40-29-23-19-17-15-13-11-10-12-14-16-18-21-26-34-42-50-64(2)3)63-89-93(82,83)87-59-68(75)58-86-92(80,81)88-62-69(60-84-71(76)54-46-38-31-25-28-36-44-52-66(6)7)90-74(79)57-49-41-30-24-20-22-27-35-43-51-65(4)5/h64-70,75H,9-63H2,1-8H3,(H,80,81)(H,82,83)/t67?,68?,69-,70-/m1/s1. The number of hydrogen-bond donors (Lipinski definition) is 3. The summed E-state index contributed by atoms with van der Waals surface area (Å²) in [7, 11) is -9.91. The molecule has 0 aromatic rings. The number of unbranched alkanes of at least 4 members (excludes halogenated alkanes) is 36. The summed E-state index contributed by atoms with van der Waals surface area (Å²) in [5.74, 6) is 0.865. The molecule has 0 aliphatic carbocycles. The Bertz CT molecular complexity index is 1840. The summed E-state index contributed by atoms with van der Waals surface area (Å²) in [6.07, 6.45) is 47.5. The van der Waals surface area contributed by atoms with E-state index >= 15 is 0 Å². The Morgan fingerprint density at radius 3 is 0.763 bits per heavy atom. The lowest BCUT2D eigenvalue weighted by Crippen LogP contribution is -2.30. The summed E-state index contributed by atoms with van der Waals surface area (Å²) in [5.41, 5.74) is 0. The molecule has 0 amide bonds. The van der Waals surface area contributed by atoms with Crippen LogP contribution in [0.4, 0.5) is 0 Å². The van der Waals surface area contributed by atoms with E-state index in [0.29, 0.717) is 31.6 Å². The van der Waals surface area contributed by atoms with E-state index in [4.69, 9.17) is 37.0 Å². The Hall–Kier alpha value is -1.94. The molecule has 0 aromatic heterocycles. The van der Waals surface area contributed by atoms with Gasteiger partial charge >= 0.3 is 39.5 Å². The summed E-state index contributed by atoms with van der Waals surface area (Å²) >= 11 is 0. The van der Waals surface area contributed by atoms with E-state index in [1.807, 2.05) is 0 Å². The first kappa shape index (κ1) is 91.1. The van der Waals surface area contributed by atoms with E-state index < -0.39 is 97.5 Å². The summed E-state index contributed by atoms with van der Waals surface area (Å²) in [6, 6.07) is 0. The van der Waals surface area contributed by atoms with E-state index in [1.54, 1.807) is 0 Å². The van der Waals surface area contributed by atoms with Crippen LogP contribution < -0.4 is 0 Å². The molecule has 0 saturated heterocycles. The Balaban J connectivity index is 5.18. The lowest BCUT2D eigenvalue weighted by atomic mass is 10.00.